The number of hydrogen-bond donors (Lipinski definition) is 3. The third-order valence-electron chi connectivity index (χ3n) is 3.47. The third-order valence-corrected chi connectivity index (χ3v) is 5.11. The molecule has 0 saturated heterocycles. The van der Waals surface area contributed by atoms with Crippen LogP contribution in [0.4, 0.5) is 11.6 Å². The van der Waals surface area contributed by atoms with Gasteiger partial charge < -0.3 is 15.7 Å². The molecular formula is C15H18Cl2N6OS. The minimum atomic E-state index is -1.47. The Morgan fingerprint density at radius 2 is 2.16 bits per heavy atom. The van der Waals surface area contributed by atoms with Crippen LogP contribution in [0.15, 0.2) is 28.3 Å². The average Bonchev–Trinajstić information content (AvgIpc) is 2.89. The topological polar surface area (TPSA) is 87.4 Å². The maximum absolute atomic E-state index is 11.2. The molecule has 0 aliphatic carbocycles. The number of fused-ring (bicyclic) bond motifs is 1. The van der Waals surface area contributed by atoms with Gasteiger partial charge in [-0.3, -0.25) is 4.99 Å². The van der Waals surface area contributed by atoms with Gasteiger partial charge in [0.15, 0.2) is 5.16 Å². The Balaban J connectivity index is 2.08. The molecule has 3 N–H and O–H groups in total. The number of nitrogens with one attached hydrogen (secondary N) is 2. The summed E-state index contributed by atoms with van der Waals surface area (Å²) in [6.45, 7) is 5.10. The van der Waals surface area contributed by atoms with E-state index in [0.717, 1.165) is 0 Å². The first kappa shape index (κ1) is 18.3. The summed E-state index contributed by atoms with van der Waals surface area (Å²) >= 11 is 13.7. The molecule has 2 aromatic rings. The molecule has 7 nitrogen and oxygen atoms in total. The Morgan fingerprint density at radius 1 is 1.36 bits per heavy atom. The normalized spacial score (nSPS) is 19.8. The minimum absolute atomic E-state index is 0.326. The predicted octanol–water partition coefficient (Wildman–Crippen LogP) is 2.76. The average molecular weight is 401 g/mol. The first-order valence-corrected chi connectivity index (χ1v) is 9.55. The highest BCUT2D eigenvalue weighted by atomic mass is 35.5. The second kappa shape index (κ2) is 7.41. The van der Waals surface area contributed by atoms with Crippen molar-refractivity contribution in [2.45, 2.75) is 24.9 Å². The predicted molar refractivity (Wildman–Crippen MR) is 101 cm³/mol. The van der Waals surface area contributed by atoms with Crippen LogP contribution in [-0.4, -0.2) is 38.5 Å². The molecule has 1 aliphatic rings. The number of hydrogen-bond acceptors (Lipinski definition) is 7. The van der Waals surface area contributed by atoms with Gasteiger partial charge in [0, 0.05) is 18.1 Å². The Morgan fingerprint density at radius 3 is 2.88 bits per heavy atom. The van der Waals surface area contributed by atoms with Crippen LogP contribution < -0.4 is 16.3 Å². The summed E-state index contributed by atoms with van der Waals surface area (Å²) in [6, 6.07) is 5.02. The molecule has 2 heterocycles. The Kier molecular flexibility index (Phi) is 5.43. The second-order valence-corrected chi connectivity index (χ2v) is 7.11. The maximum Gasteiger partial charge on any atom is 0.234 e. The standard InChI is InChI=1S/C15H18Cl2N6OS/c1-3-18-12-20-13(19-4-2)23-14(21-12)25-8-15(23,24)22-11-7-9(16)5-6-10(11)17/h5-7,22,24H,3-4,8H2,1-2H3,(H,18,19,20)/t15-/m0/s1. The lowest BCUT2D eigenvalue weighted by molar-refractivity contribution is 0.00819. The molecule has 0 unspecified atom stereocenters. The Hall–Kier alpha value is -1.48. The van der Waals surface area contributed by atoms with Gasteiger partial charge in [-0.05, 0) is 32.0 Å². The van der Waals surface area contributed by atoms with Crippen LogP contribution in [0.1, 0.15) is 13.8 Å². The van der Waals surface area contributed by atoms with Crippen LogP contribution in [0.5, 0.6) is 0 Å². The van der Waals surface area contributed by atoms with Crippen molar-refractivity contribution in [3.63, 3.8) is 0 Å². The van der Waals surface area contributed by atoms with Gasteiger partial charge in [0.05, 0.1) is 16.5 Å². The van der Waals surface area contributed by atoms with E-state index in [1.165, 1.54) is 11.8 Å². The summed E-state index contributed by atoms with van der Waals surface area (Å²) < 4.78 is 1.58. The van der Waals surface area contributed by atoms with Crippen LogP contribution in [0, 0.1) is 0 Å². The number of nitrogens with zero attached hydrogens (tertiary/aromatic N) is 4. The molecular weight excluding hydrogens is 383 g/mol. The van der Waals surface area contributed by atoms with Gasteiger partial charge in [-0.1, -0.05) is 35.0 Å². The zero-order valence-corrected chi connectivity index (χ0v) is 16.1. The first-order chi connectivity index (χ1) is 12.0. The fourth-order valence-corrected chi connectivity index (χ4v) is 3.81. The fourth-order valence-electron chi connectivity index (χ4n) is 2.43. The van der Waals surface area contributed by atoms with Crippen molar-refractivity contribution in [3.8, 4) is 0 Å². The van der Waals surface area contributed by atoms with Crippen LogP contribution >= 0.6 is 35.0 Å². The van der Waals surface area contributed by atoms with Crippen molar-refractivity contribution in [1.29, 1.82) is 0 Å². The molecule has 1 aliphatic heterocycles. The number of anilines is 2. The lowest BCUT2D eigenvalue weighted by atomic mass is 10.3. The summed E-state index contributed by atoms with van der Waals surface area (Å²) in [7, 11) is 0. The number of aromatic nitrogens is 3. The smallest absolute Gasteiger partial charge is 0.234 e. The number of halogens is 2. The Labute approximate surface area is 159 Å². The van der Waals surface area contributed by atoms with Crippen LogP contribution in [-0.2, 0) is 5.85 Å². The van der Waals surface area contributed by atoms with Gasteiger partial charge in [0.2, 0.25) is 17.4 Å². The molecule has 3 rings (SSSR count). The summed E-state index contributed by atoms with van der Waals surface area (Å²) in [5.41, 5.74) is 0.914. The lowest BCUT2D eigenvalue weighted by Gasteiger charge is -2.28. The molecule has 25 heavy (non-hydrogen) atoms. The van der Waals surface area contributed by atoms with Crippen LogP contribution in [0.25, 0.3) is 0 Å². The highest BCUT2D eigenvalue weighted by Gasteiger charge is 2.40. The third kappa shape index (κ3) is 3.72. The van der Waals surface area contributed by atoms with Gasteiger partial charge in [0.1, 0.15) is 0 Å². The maximum atomic E-state index is 11.2. The summed E-state index contributed by atoms with van der Waals surface area (Å²) in [5.74, 6) is -0.655. The van der Waals surface area contributed by atoms with Gasteiger partial charge >= 0.3 is 0 Å². The quantitative estimate of drug-likeness (QED) is 0.668. The molecule has 134 valence electrons. The summed E-state index contributed by atoms with van der Waals surface area (Å²) in [4.78, 5) is 13.2. The molecule has 0 saturated carbocycles. The molecule has 0 spiro atoms. The van der Waals surface area contributed by atoms with Crippen LogP contribution in [0.3, 0.4) is 0 Å². The SMILES string of the molecule is CCN=c1nc(NCC)nc2n1[C@@](O)(Nc1cc(Cl)ccc1Cl)CS2. The van der Waals surface area contributed by atoms with E-state index in [-0.39, 0.29) is 0 Å². The molecule has 0 radical (unpaired) electrons. The molecule has 0 fully saturated rings. The molecule has 10 heteroatoms. The first-order valence-electron chi connectivity index (χ1n) is 7.81. The zero-order valence-electron chi connectivity index (χ0n) is 13.8. The largest absolute Gasteiger partial charge is 0.354 e. The molecule has 1 aromatic carbocycles. The number of benzene rings is 1. The molecule has 0 amide bonds. The minimum Gasteiger partial charge on any atom is -0.354 e. The van der Waals surface area contributed by atoms with Crippen molar-refractivity contribution < 1.29 is 5.11 Å². The van der Waals surface area contributed by atoms with Crippen molar-refractivity contribution >= 4 is 46.6 Å². The van der Waals surface area contributed by atoms with Crippen molar-refractivity contribution in [1.82, 2.24) is 14.5 Å². The number of rotatable bonds is 5. The molecule has 0 bridgehead atoms. The highest BCUT2D eigenvalue weighted by Crippen LogP contribution is 2.36. The highest BCUT2D eigenvalue weighted by molar-refractivity contribution is 7.99. The van der Waals surface area contributed by atoms with E-state index < -0.39 is 5.85 Å². The van der Waals surface area contributed by atoms with E-state index in [0.29, 0.717) is 51.3 Å². The van der Waals surface area contributed by atoms with Gasteiger partial charge in [-0.15, -0.1) is 0 Å². The summed E-state index contributed by atoms with van der Waals surface area (Å²) in [5, 5.41) is 18.9. The second-order valence-electron chi connectivity index (χ2n) is 5.32. The number of aliphatic hydroxyl groups is 1. The fraction of sp³-hybridized carbons (Fsp3) is 0.400. The molecule has 1 aromatic heterocycles. The van der Waals surface area contributed by atoms with E-state index >= 15 is 0 Å². The lowest BCUT2D eigenvalue weighted by Crippen LogP contribution is -2.48. The van der Waals surface area contributed by atoms with E-state index in [1.807, 2.05) is 13.8 Å². The van der Waals surface area contributed by atoms with E-state index in [1.54, 1.807) is 22.8 Å². The van der Waals surface area contributed by atoms with Gasteiger partial charge in [-0.25, -0.2) is 4.57 Å². The van der Waals surface area contributed by atoms with Crippen molar-refractivity contribution in [2.24, 2.45) is 4.99 Å². The zero-order chi connectivity index (χ0) is 18.0. The Bertz CT molecular complexity index is 858. The van der Waals surface area contributed by atoms with E-state index in [9.17, 15) is 5.11 Å². The van der Waals surface area contributed by atoms with Crippen molar-refractivity contribution in [3.05, 3.63) is 33.9 Å². The van der Waals surface area contributed by atoms with Gasteiger partial charge in [0.25, 0.3) is 0 Å². The van der Waals surface area contributed by atoms with E-state index in [2.05, 4.69) is 25.6 Å². The summed E-state index contributed by atoms with van der Waals surface area (Å²) in [6.07, 6.45) is 0. The molecule has 1 atom stereocenters. The van der Waals surface area contributed by atoms with Crippen molar-refractivity contribution in [2.75, 3.05) is 29.5 Å². The monoisotopic (exact) mass is 400 g/mol. The number of thioether (sulfide) groups is 1. The van der Waals surface area contributed by atoms with Crippen LogP contribution in [0.2, 0.25) is 10.0 Å². The van der Waals surface area contributed by atoms with E-state index in [4.69, 9.17) is 23.2 Å². The van der Waals surface area contributed by atoms with Gasteiger partial charge in [-0.2, -0.15) is 9.97 Å².